The molecule has 10 N–H and O–H groups in total. The Kier molecular flexibility index (Phi) is 29.8. The molecule has 0 radical (unpaired) electrons. The molecule has 19 rings (SSSR count). The number of methoxy groups -OCH3 is 1. The molecule has 3 aliphatic carbocycles. The standard InChI is InChI=1S/C24H17F2N5O2S.C22H23N7O2.C21H22N6O2S.C19H17ClN6O.C10H10N4/c1-15-19(14-34(32,33)22-4-3-20(25)10-21(22)26)8-18(13-29-15)17-6-7-28-24(9-17)31-23-5-2-16(11-27)12-30-23;1-29(22-9-13(10-22)11-22)20(30)16-7-15(12-26-19(16)23)14-3-5-24-18(8-14)27-17-4-6-25-21(28-17)31-2;1-14-19(13-30(28,29)27(3)4)9-18(12-24-14)16-7-8-23-21(10-16)26-20-6-5-17(11-22)15(2)25-20;1-12-21-6-4-16(24-12)25-17-10-13(3-5-22-17)14-9-15(18(20)23-11-14)19(27)26-7-2-8-26;11-9-3-8(5-13-6-9)7-1-2-14-10(12)4-7/h2-10,12-13H,14H2,1H3,(H,28,30,31);3-8,12-13H,9-11H2,1-2H3,(H2,23,26)(H,24,25,27,28);5-10,12H,13H2,1-4H3,(H,23,25,26);3-6,9-11H,2,7-8H2,1H3,(H,21,22,24,25);1-6H,11H2,(H2,12,14). The second kappa shape index (κ2) is 42.4. The van der Waals surface area contributed by atoms with Crippen molar-refractivity contribution < 1.29 is 39.9 Å². The van der Waals surface area contributed by atoms with E-state index < -0.39 is 42.1 Å². The quantitative estimate of drug-likeness (QED) is 0.0231. The van der Waals surface area contributed by atoms with Crippen LogP contribution in [0.5, 0.6) is 6.01 Å². The molecular formula is C96H89ClF2N28O7S2. The van der Waals surface area contributed by atoms with Gasteiger partial charge in [-0.2, -0.15) is 15.5 Å². The molecule has 0 unspecified atom stereocenters. The van der Waals surface area contributed by atoms with E-state index in [1.54, 1.807) is 179 Å². The van der Waals surface area contributed by atoms with Crippen molar-refractivity contribution in [2.24, 2.45) is 5.92 Å². The van der Waals surface area contributed by atoms with Gasteiger partial charge in [0.1, 0.15) is 97.8 Å². The Hall–Kier alpha value is -16.5. The number of sulfone groups is 1. The molecule has 1 saturated heterocycles. The van der Waals surface area contributed by atoms with E-state index in [-0.39, 0.29) is 40.1 Å². The number of nitrogen functional groups attached to an aromatic ring is 3. The molecule has 2 bridgehead atoms. The van der Waals surface area contributed by atoms with Crippen LogP contribution in [0.1, 0.15) is 91.6 Å². The maximum absolute atomic E-state index is 14.1. The fraction of sp³-hybridized carbons (Fsp3) is 0.188. The van der Waals surface area contributed by atoms with Crippen molar-refractivity contribution in [3.05, 3.63) is 305 Å². The third kappa shape index (κ3) is 23.9. The van der Waals surface area contributed by atoms with Gasteiger partial charge in [-0.15, -0.1) is 0 Å². The summed E-state index contributed by atoms with van der Waals surface area (Å²) >= 11 is 6.16. The van der Waals surface area contributed by atoms with Crippen LogP contribution in [0, 0.1) is 67.9 Å². The molecule has 136 heavy (non-hydrogen) atoms. The van der Waals surface area contributed by atoms with E-state index in [0.29, 0.717) is 132 Å². The van der Waals surface area contributed by atoms with E-state index >= 15 is 0 Å². The van der Waals surface area contributed by atoms with Crippen LogP contribution in [0.15, 0.2) is 237 Å². The molecule has 4 fully saturated rings. The Morgan fingerprint density at radius 3 is 1.51 bits per heavy atom. The topological polar surface area (TPSA) is 501 Å². The minimum absolute atomic E-state index is 0.0244. The zero-order valence-corrected chi connectivity index (χ0v) is 77.0. The summed E-state index contributed by atoms with van der Waals surface area (Å²) in [4.78, 5) is 96.2. The number of nitrogens with one attached hydrogen (secondary N) is 4. The van der Waals surface area contributed by atoms with E-state index in [4.69, 9.17) is 44.1 Å². The summed E-state index contributed by atoms with van der Waals surface area (Å²) < 4.78 is 83.7. The van der Waals surface area contributed by atoms with Crippen LogP contribution in [0.4, 0.5) is 72.6 Å². The summed E-state index contributed by atoms with van der Waals surface area (Å²) in [6.07, 6.45) is 27.3. The number of benzene rings is 1. The van der Waals surface area contributed by atoms with E-state index in [1.807, 2.05) is 79.5 Å². The highest BCUT2D eigenvalue weighted by Crippen LogP contribution is 2.60. The number of ether oxygens (including phenoxy) is 1. The van der Waals surface area contributed by atoms with Crippen molar-refractivity contribution in [1.29, 1.82) is 10.5 Å². The van der Waals surface area contributed by atoms with E-state index in [0.717, 1.165) is 101 Å². The molecule has 14 aromatic heterocycles. The lowest BCUT2D eigenvalue weighted by molar-refractivity contribution is -0.114. The van der Waals surface area contributed by atoms with Crippen molar-refractivity contribution in [2.75, 3.05) is 79.8 Å². The first-order valence-corrected chi connectivity index (χ1v) is 45.7. The van der Waals surface area contributed by atoms with Gasteiger partial charge in [0.05, 0.1) is 52.3 Å². The minimum atomic E-state index is -4.07. The number of aromatic nitrogens is 16. The number of pyridine rings is 12. The summed E-state index contributed by atoms with van der Waals surface area (Å²) in [7, 11) is -1.06. The SMILES string of the molecule is COc1nccc(Nc2cc(-c3cnc(N)c(C(=O)N(C)C45CC(C4)C5)c3)ccn2)n1.Cc1nc(Nc2cc(-c3cnc(C)c(CS(=O)(=O)N(C)C)c3)ccn2)ccc1C#N.Cc1ncc(-c2ccnc(Nc3ccc(C#N)cn3)c2)cc1CS(=O)(=O)c1ccc(F)cc1F.Cc1nccc(Nc2cc(-c3cnc(Cl)c(C(=O)N4CCC4)c3)ccn2)n1.Nc1cncc(-c2ccnc(N)c2)c1. The van der Waals surface area contributed by atoms with Crippen molar-refractivity contribution in [3.8, 4) is 73.8 Å². The summed E-state index contributed by atoms with van der Waals surface area (Å²) in [6, 6.07) is 44.1. The number of halogens is 3. The molecule has 15 aromatic rings. The predicted octanol–water partition coefficient (Wildman–Crippen LogP) is 15.6. The molecule has 688 valence electrons. The first-order chi connectivity index (χ1) is 65.3. The van der Waals surface area contributed by atoms with Gasteiger partial charge in [-0.05, 0) is 238 Å². The molecule has 3 saturated carbocycles. The predicted molar refractivity (Wildman–Crippen MR) is 512 cm³/mol. The zero-order valence-electron chi connectivity index (χ0n) is 74.6. The molecule has 0 spiro atoms. The second-order valence-electron chi connectivity index (χ2n) is 31.8. The van der Waals surface area contributed by atoms with Gasteiger partial charge in [0.25, 0.3) is 11.8 Å². The minimum Gasteiger partial charge on any atom is -0.467 e. The number of nitrogens with zero attached hydrogens (tertiary/aromatic N) is 21. The van der Waals surface area contributed by atoms with Crippen LogP contribution in [0.25, 0.3) is 55.6 Å². The molecule has 15 heterocycles. The van der Waals surface area contributed by atoms with E-state index in [2.05, 4.69) is 107 Å². The Morgan fingerprint density at radius 2 is 1.01 bits per heavy atom. The van der Waals surface area contributed by atoms with Crippen molar-refractivity contribution in [3.63, 3.8) is 0 Å². The van der Waals surface area contributed by atoms with Gasteiger partial charge in [-0.1, -0.05) is 11.6 Å². The number of sulfonamides is 1. The monoisotopic (exact) mass is 1880 g/mol. The van der Waals surface area contributed by atoms with Gasteiger partial charge in [-0.25, -0.2) is 89.7 Å². The van der Waals surface area contributed by atoms with Crippen LogP contribution >= 0.6 is 11.6 Å². The Balaban J connectivity index is 0.000000139. The van der Waals surface area contributed by atoms with Gasteiger partial charge < -0.3 is 53.0 Å². The normalized spacial score (nSPS) is 13.7. The molecule has 35 nitrogen and oxygen atoms in total. The number of anilines is 11. The summed E-state index contributed by atoms with van der Waals surface area (Å²) in [5, 5.41) is 30.6. The largest absolute Gasteiger partial charge is 0.467 e. The van der Waals surface area contributed by atoms with Gasteiger partial charge in [-0.3, -0.25) is 24.5 Å². The maximum Gasteiger partial charge on any atom is 0.318 e. The smallest absolute Gasteiger partial charge is 0.318 e. The lowest BCUT2D eigenvalue weighted by atomic mass is 9.49. The molecule has 40 heteroatoms. The molecule has 1 aromatic carbocycles. The van der Waals surface area contributed by atoms with Gasteiger partial charge in [0, 0.05) is 172 Å². The van der Waals surface area contributed by atoms with Crippen molar-refractivity contribution in [1.82, 2.24) is 93.8 Å². The van der Waals surface area contributed by atoms with Crippen molar-refractivity contribution >= 4 is 107 Å². The van der Waals surface area contributed by atoms with Gasteiger partial charge in [0.15, 0.2) is 9.84 Å². The number of amides is 2. The van der Waals surface area contributed by atoms with Gasteiger partial charge >= 0.3 is 6.01 Å². The highest BCUT2D eigenvalue weighted by Gasteiger charge is 2.60. The average molecular weight is 1880 g/mol. The highest BCUT2D eigenvalue weighted by atomic mass is 35.5. The Bertz CT molecular complexity index is 7260. The fourth-order valence-electron chi connectivity index (χ4n) is 14.4. The average Bonchev–Trinajstić information content (AvgIpc) is 0.705. The molecular weight excluding hydrogens is 1790 g/mol. The van der Waals surface area contributed by atoms with E-state index in [1.165, 1.54) is 31.7 Å². The second-order valence-corrected chi connectivity index (χ2v) is 36.3. The lowest BCUT2D eigenvalue weighted by Gasteiger charge is -2.65. The molecule has 1 aliphatic heterocycles. The summed E-state index contributed by atoms with van der Waals surface area (Å²) in [5.74, 6) is 4.03. The first kappa shape index (κ1) is 95.6. The molecule has 2 amide bonds. The van der Waals surface area contributed by atoms with Crippen LogP contribution in [-0.4, -0.2) is 169 Å². The third-order valence-corrected chi connectivity index (χ3v) is 26.0. The number of aryl methyl sites for hydroxylation is 4. The number of hydrogen-bond acceptors (Lipinski definition) is 32. The number of carbonyl (C=O) groups is 2. The zero-order chi connectivity index (χ0) is 96.5. The van der Waals surface area contributed by atoms with E-state index in [9.17, 15) is 35.2 Å². The van der Waals surface area contributed by atoms with Crippen molar-refractivity contribution in [2.45, 2.75) is 75.3 Å². The van der Waals surface area contributed by atoms with Crippen LogP contribution in [0.3, 0.4) is 0 Å². The fourth-order valence-corrected chi connectivity index (χ4v) is 17.0. The van der Waals surface area contributed by atoms with Crippen LogP contribution < -0.4 is 43.2 Å². The first-order valence-electron chi connectivity index (χ1n) is 42.0. The number of nitrogens with two attached hydrogens (primary N) is 3. The third-order valence-electron chi connectivity index (χ3n) is 22.2. The number of nitriles is 2. The Morgan fingerprint density at radius 1 is 0.500 bits per heavy atom. The maximum atomic E-state index is 14.1. The summed E-state index contributed by atoms with van der Waals surface area (Å²) in [5.41, 5.74) is 30.8. The number of rotatable bonds is 23. The number of hydrogen-bond donors (Lipinski definition) is 7. The number of carbonyl (C=O) groups excluding carboxylic acids is 2. The van der Waals surface area contributed by atoms with Crippen LogP contribution in [-0.2, 0) is 31.4 Å². The molecule has 0 atom stereocenters. The Labute approximate surface area is 787 Å². The van der Waals surface area contributed by atoms with Crippen LogP contribution in [0.2, 0.25) is 5.15 Å². The molecule has 4 aliphatic rings. The lowest BCUT2D eigenvalue weighted by Crippen LogP contribution is -2.68. The van der Waals surface area contributed by atoms with Gasteiger partial charge in [0.2, 0.25) is 10.0 Å². The highest BCUT2D eigenvalue weighted by molar-refractivity contribution is 7.90. The summed E-state index contributed by atoms with van der Waals surface area (Å²) in [6.45, 7) is 8.58. The number of likely N-dealkylation sites (tertiary alicyclic amines) is 1.